The number of aliphatic hydroxyl groups excluding tert-OH is 1. The number of anilines is 3. The summed E-state index contributed by atoms with van der Waals surface area (Å²) in [4.78, 5) is 6.80. The fourth-order valence-corrected chi connectivity index (χ4v) is 4.18. The number of nitrogens with one attached hydrogen (secondary N) is 1. The molecular weight excluding hydrogens is 442 g/mol. The Kier molecular flexibility index (Phi) is 5.80. The average Bonchev–Trinajstić information content (AvgIpc) is 3.63. The summed E-state index contributed by atoms with van der Waals surface area (Å²) in [6.07, 6.45) is 3.75. The van der Waals surface area contributed by atoms with Gasteiger partial charge in [-0.1, -0.05) is 5.10 Å². The number of ether oxygens (including phenoxy) is 3. The van der Waals surface area contributed by atoms with Gasteiger partial charge in [0.05, 0.1) is 34.0 Å². The van der Waals surface area contributed by atoms with Gasteiger partial charge in [0.15, 0.2) is 17.3 Å². The Bertz CT molecular complexity index is 1280. The third kappa shape index (κ3) is 3.81. The van der Waals surface area contributed by atoms with Crippen LogP contribution in [0.2, 0.25) is 0 Å². The van der Waals surface area contributed by atoms with Crippen molar-refractivity contribution in [2.24, 2.45) is 0 Å². The highest BCUT2D eigenvalue weighted by Gasteiger charge is 2.27. The van der Waals surface area contributed by atoms with E-state index in [1.165, 1.54) is 21.3 Å². The molecule has 0 radical (unpaired) electrons. The molecule has 5 rings (SSSR count). The Morgan fingerprint density at radius 2 is 1.94 bits per heavy atom. The van der Waals surface area contributed by atoms with Crippen LogP contribution in [0.25, 0.3) is 17.0 Å². The van der Waals surface area contributed by atoms with E-state index in [0.29, 0.717) is 28.8 Å². The normalized spacial score (nSPS) is 15.6. The van der Waals surface area contributed by atoms with Crippen molar-refractivity contribution in [3.05, 3.63) is 30.5 Å². The van der Waals surface area contributed by atoms with E-state index < -0.39 is 0 Å². The molecule has 1 fully saturated rings. The Morgan fingerprint density at radius 3 is 2.65 bits per heavy atom. The van der Waals surface area contributed by atoms with Crippen LogP contribution in [0.4, 0.5) is 17.8 Å². The summed E-state index contributed by atoms with van der Waals surface area (Å²) in [5.41, 5.74) is 1.45. The Hall–Kier alpha value is -4.06. The number of aliphatic hydroxyl groups is 1. The number of benzene rings is 1. The molecule has 0 bridgehead atoms. The maximum atomic E-state index is 9.78. The SMILES string of the molecule is COc1cc(-c2nnc(Nc3nc(N4CCCC4CO)c4cccn4n3)o2)cc(OC)c1OC. The van der Waals surface area contributed by atoms with E-state index >= 15 is 0 Å². The molecule has 3 aromatic heterocycles. The van der Waals surface area contributed by atoms with Crippen molar-refractivity contribution in [1.82, 2.24) is 24.8 Å². The summed E-state index contributed by atoms with van der Waals surface area (Å²) in [5, 5.41) is 25.5. The molecular formula is C22H25N7O5. The molecule has 12 heteroatoms. The molecule has 1 atom stereocenters. The standard InChI is InChI=1S/C22H25N7O5/c1-31-16-10-13(11-17(32-2)18(16)33-3)20-25-26-22(34-20)24-21-23-19(15-7-5-9-29(15)27-21)28-8-4-6-14(28)12-30/h5,7,9-11,14,30H,4,6,8,12H2,1-3H3,(H,24,26,27). The monoisotopic (exact) mass is 467 g/mol. The van der Waals surface area contributed by atoms with Gasteiger partial charge in [-0.15, -0.1) is 10.2 Å². The van der Waals surface area contributed by atoms with Crippen LogP contribution in [0.15, 0.2) is 34.9 Å². The number of methoxy groups -OCH3 is 3. The quantitative estimate of drug-likeness (QED) is 0.396. The second-order valence-electron chi connectivity index (χ2n) is 7.72. The minimum absolute atomic E-state index is 0.0245. The van der Waals surface area contributed by atoms with Gasteiger partial charge in [0, 0.05) is 18.3 Å². The molecule has 1 aromatic carbocycles. The van der Waals surface area contributed by atoms with Gasteiger partial charge < -0.3 is 28.6 Å². The second-order valence-corrected chi connectivity index (χ2v) is 7.72. The average molecular weight is 467 g/mol. The Morgan fingerprint density at radius 1 is 1.15 bits per heavy atom. The topological polar surface area (TPSA) is 132 Å². The summed E-state index contributed by atoms with van der Waals surface area (Å²) < 4.78 is 23.7. The third-order valence-electron chi connectivity index (χ3n) is 5.79. The van der Waals surface area contributed by atoms with Crippen molar-refractivity contribution in [1.29, 1.82) is 0 Å². The molecule has 4 heterocycles. The predicted molar refractivity (Wildman–Crippen MR) is 123 cm³/mol. The summed E-state index contributed by atoms with van der Waals surface area (Å²) >= 11 is 0. The minimum atomic E-state index is 0.0245. The molecule has 178 valence electrons. The van der Waals surface area contributed by atoms with Crippen LogP contribution in [0.1, 0.15) is 12.8 Å². The first-order valence-corrected chi connectivity index (χ1v) is 10.8. The second kappa shape index (κ2) is 9.06. The first-order chi connectivity index (χ1) is 16.6. The third-order valence-corrected chi connectivity index (χ3v) is 5.79. The maximum absolute atomic E-state index is 9.78. The van der Waals surface area contributed by atoms with E-state index in [1.807, 2.05) is 18.3 Å². The van der Waals surface area contributed by atoms with E-state index in [9.17, 15) is 5.11 Å². The number of nitrogens with zero attached hydrogens (tertiary/aromatic N) is 6. The highest BCUT2D eigenvalue weighted by molar-refractivity contribution is 5.71. The molecule has 1 unspecified atom stereocenters. The fraction of sp³-hybridized carbons (Fsp3) is 0.364. The van der Waals surface area contributed by atoms with Crippen LogP contribution in [-0.4, -0.2) is 70.4 Å². The fourth-order valence-electron chi connectivity index (χ4n) is 4.18. The van der Waals surface area contributed by atoms with Crippen LogP contribution < -0.4 is 24.4 Å². The van der Waals surface area contributed by atoms with E-state index in [0.717, 1.165) is 30.7 Å². The number of hydrogen-bond donors (Lipinski definition) is 2. The Balaban J connectivity index is 1.46. The molecule has 4 aromatic rings. The van der Waals surface area contributed by atoms with Gasteiger partial charge in [0.25, 0.3) is 5.95 Å². The lowest BCUT2D eigenvalue weighted by atomic mass is 10.2. The van der Waals surface area contributed by atoms with Crippen molar-refractivity contribution < 1.29 is 23.7 Å². The predicted octanol–water partition coefficient (Wildman–Crippen LogP) is 2.51. The summed E-state index contributed by atoms with van der Waals surface area (Å²) in [6.45, 7) is 0.885. The molecule has 0 aliphatic carbocycles. The van der Waals surface area contributed by atoms with Crippen LogP contribution in [0.5, 0.6) is 17.2 Å². The molecule has 1 saturated heterocycles. The van der Waals surface area contributed by atoms with Gasteiger partial charge in [-0.05, 0) is 37.1 Å². The molecule has 12 nitrogen and oxygen atoms in total. The Labute approximate surface area is 195 Å². The lowest BCUT2D eigenvalue weighted by Crippen LogP contribution is -2.33. The lowest BCUT2D eigenvalue weighted by Gasteiger charge is -2.25. The van der Waals surface area contributed by atoms with Gasteiger partial charge in [-0.25, -0.2) is 4.52 Å². The van der Waals surface area contributed by atoms with Crippen molar-refractivity contribution >= 4 is 23.3 Å². The summed E-state index contributed by atoms with van der Waals surface area (Å²) in [7, 11) is 4.61. The van der Waals surface area contributed by atoms with Crippen LogP contribution in [-0.2, 0) is 0 Å². The molecule has 1 aliphatic rings. The van der Waals surface area contributed by atoms with E-state index in [4.69, 9.17) is 23.6 Å². The molecule has 34 heavy (non-hydrogen) atoms. The summed E-state index contributed by atoms with van der Waals surface area (Å²) in [6, 6.07) is 7.44. The zero-order chi connectivity index (χ0) is 23.7. The van der Waals surface area contributed by atoms with E-state index in [2.05, 4.69) is 25.5 Å². The van der Waals surface area contributed by atoms with Gasteiger partial charge >= 0.3 is 6.01 Å². The first-order valence-electron chi connectivity index (χ1n) is 10.8. The molecule has 0 amide bonds. The van der Waals surface area contributed by atoms with Crippen LogP contribution >= 0.6 is 0 Å². The van der Waals surface area contributed by atoms with Crippen molar-refractivity contribution in [2.75, 3.05) is 44.7 Å². The minimum Gasteiger partial charge on any atom is -0.493 e. The number of aromatic nitrogens is 5. The first kappa shape index (κ1) is 21.8. The smallest absolute Gasteiger partial charge is 0.322 e. The molecule has 1 aliphatic heterocycles. The molecule has 0 saturated carbocycles. The number of hydrogen-bond acceptors (Lipinski definition) is 11. The van der Waals surface area contributed by atoms with Gasteiger partial charge in [-0.2, -0.15) is 4.98 Å². The zero-order valence-corrected chi connectivity index (χ0v) is 19.1. The van der Waals surface area contributed by atoms with Gasteiger partial charge in [0.1, 0.15) is 5.52 Å². The van der Waals surface area contributed by atoms with Crippen molar-refractivity contribution in [3.8, 4) is 28.7 Å². The van der Waals surface area contributed by atoms with E-state index in [1.54, 1.807) is 16.6 Å². The molecule has 0 spiro atoms. The molecule has 2 N–H and O–H groups in total. The van der Waals surface area contributed by atoms with Crippen LogP contribution in [0, 0.1) is 0 Å². The highest BCUT2D eigenvalue weighted by Crippen LogP contribution is 2.41. The number of fused-ring (bicyclic) bond motifs is 1. The lowest BCUT2D eigenvalue weighted by molar-refractivity contribution is 0.266. The van der Waals surface area contributed by atoms with Crippen molar-refractivity contribution in [2.45, 2.75) is 18.9 Å². The van der Waals surface area contributed by atoms with Crippen LogP contribution in [0.3, 0.4) is 0 Å². The largest absolute Gasteiger partial charge is 0.493 e. The van der Waals surface area contributed by atoms with Gasteiger partial charge in [0.2, 0.25) is 11.6 Å². The number of rotatable bonds is 8. The highest BCUT2D eigenvalue weighted by atomic mass is 16.5. The van der Waals surface area contributed by atoms with E-state index in [-0.39, 0.29) is 24.6 Å². The zero-order valence-electron chi connectivity index (χ0n) is 19.1. The van der Waals surface area contributed by atoms with Crippen molar-refractivity contribution in [3.63, 3.8) is 0 Å². The summed E-state index contributed by atoms with van der Waals surface area (Å²) in [5.74, 6) is 2.70. The van der Waals surface area contributed by atoms with Gasteiger partial charge in [-0.3, -0.25) is 5.32 Å². The maximum Gasteiger partial charge on any atom is 0.322 e.